The second kappa shape index (κ2) is 8.50. The van der Waals surface area contributed by atoms with Crippen molar-refractivity contribution in [3.05, 3.63) is 54.7 Å². The highest BCUT2D eigenvalue weighted by Crippen LogP contribution is 2.27. The van der Waals surface area contributed by atoms with Gasteiger partial charge in [-0.05, 0) is 37.3 Å². The molecule has 6 nitrogen and oxygen atoms in total. The van der Waals surface area contributed by atoms with Crippen molar-refractivity contribution in [1.29, 1.82) is 0 Å². The van der Waals surface area contributed by atoms with E-state index in [0.29, 0.717) is 12.0 Å². The Morgan fingerprint density at radius 1 is 1.36 bits per heavy atom. The predicted molar refractivity (Wildman–Crippen MR) is 115 cm³/mol. The lowest BCUT2D eigenvalue weighted by Gasteiger charge is -2.39. The lowest BCUT2D eigenvalue weighted by molar-refractivity contribution is 0.189. The molecular formula is C22H30N6. The maximum Gasteiger partial charge on any atom is 0.193 e. The van der Waals surface area contributed by atoms with Gasteiger partial charge in [-0.1, -0.05) is 25.1 Å². The number of likely N-dealkylation sites (tertiary alicyclic amines) is 1. The molecule has 2 atom stereocenters. The fourth-order valence-corrected chi connectivity index (χ4v) is 4.14. The Bertz CT molecular complexity index is 910. The summed E-state index contributed by atoms with van der Waals surface area (Å²) in [6.45, 7) is 8.15. The molecule has 0 saturated carbocycles. The number of hydrogen-bond donors (Lipinski definition) is 2. The van der Waals surface area contributed by atoms with E-state index in [-0.39, 0.29) is 0 Å². The van der Waals surface area contributed by atoms with E-state index in [2.05, 4.69) is 75.3 Å². The first-order valence-electron chi connectivity index (χ1n) is 10.3. The monoisotopic (exact) mass is 378 g/mol. The number of fused-ring (bicyclic) bond motifs is 1. The van der Waals surface area contributed by atoms with Crippen molar-refractivity contribution in [2.75, 3.05) is 26.2 Å². The summed E-state index contributed by atoms with van der Waals surface area (Å²) >= 11 is 0. The van der Waals surface area contributed by atoms with E-state index in [4.69, 9.17) is 4.99 Å². The summed E-state index contributed by atoms with van der Waals surface area (Å²) in [5.74, 6) is 1.67. The first-order chi connectivity index (χ1) is 13.8. The van der Waals surface area contributed by atoms with Crippen molar-refractivity contribution < 1.29 is 0 Å². The number of aromatic amines is 1. The summed E-state index contributed by atoms with van der Waals surface area (Å²) in [7, 11) is 0. The van der Waals surface area contributed by atoms with Crippen LogP contribution in [0, 0.1) is 5.92 Å². The SMILES string of the molecule is CCNC(=NCCc1c[nH]c2ccccc12)N1CCC(C)C(n2ccnc2)C1. The van der Waals surface area contributed by atoms with Crippen molar-refractivity contribution in [3.8, 4) is 0 Å². The highest BCUT2D eigenvalue weighted by Gasteiger charge is 2.28. The molecular weight excluding hydrogens is 348 g/mol. The van der Waals surface area contributed by atoms with Gasteiger partial charge < -0.3 is 19.8 Å². The van der Waals surface area contributed by atoms with E-state index in [1.807, 2.05) is 12.5 Å². The van der Waals surface area contributed by atoms with Crippen LogP contribution in [0.25, 0.3) is 10.9 Å². The average Bonchev–Trinajstić information content (AvgIpc) is 3.38. The molecule has 148 valence electrons. The highest BCUT2D eigenvalue weighted by atomic mass is 15.3. The quantitative estimate of drug-likeness (QED) is 0.528. The number of guanidine groups is 1. The van der Waals surface area contributed by atoms with Crippen LogP contribution in [-0.2, 0) is 6.42 Å². The zero-order valence-electron chi connectivity index (χ0n) is 16.8. The van der Waals surface area contributed by atoms with Crippen molar-refractivity contribution in [1.82, 2.24) is 24.8 Å². The summed E-state index contributed by atoms with van der Waals surface area (Å²) in [5, 5.41) is 4.79. The van der Waals surface area contributed by atoms with Gasteiger partial charge in [0.15, 0.2) is 5.96 Å². The molecule has 2 unspecified atom stereocenters. The van der Waals surface area contributed by atoms with E-state index in [0.717, 1.165) is 45.0 Å². The Kier molecular flexibility index (Phi) is 5.65. The zero-order chi connectivity index (χ0) is 19.3. The van der Waals surface area contributed by atoms with Gasteiger partial charge in [-0.2, -0.15) is 0 Å². The number of piperidine rings is 1. The normalized spacial score (nSPS) is 20.6. The number of aromatic nitrogens is 3. The maximum atomic E-state index is 4.95. The summed E-state index contributed by atoms with van der Waals surface area (Å²) < 4.78 is 2.24. The third-order valence-corrected chi connectivity index (χ3v) is 5.78. The Balaban J connectivity index is 1.45. The van der Waals surface area contributed by atoms with Gasteiger partial charge >= 0.3 is 0 Å². The fraction of sp³-hybridized carbons (Fsp3) is 0.455. The largest absolute Gasteiger partial charge is 0.361 e. The van der Waals surface area contributed by atoms with E-state index in [1.54, 1.807) is 0 Å². The fourth-order valence-electron chi connectivity index (χ4n) is 4.14. The predicted octanol–water partition coefficient (Wildman–Crippen LogP) is 3.46. The minimum Gasteiger partial charge on any atom is -0.361 e. The van der Waals surface area contributed by atoms with Gasteiger partial charge in [0.2, 0.25) is 0 Å². The highest BCUT2D eigenvalue weighted by molar-refractivity contribution is 5.83. The van der Waals surface area contributed by atoms with E-state index in [9.17, 15) is 0 Å². The molecule has 3 aromatic rings. The Morgan fingerprint density at radius 3 is 3.07 bits per heavy atom. The molecule has 4 rings (SSSR count). The van der Waals surface area contributed by atoms with E-state index < -0.39 is 0 Å². The van der Waals surface area contributed by atoms with Crippen LogP contribution in [0.1, 0.15) is 31.9 Å². The number of aliphatic imine (C=N–C) groups is 1. The van der Waals surface area contributed by atoms with Crippen molar-refractivity contribution in [2.45, 2.75) is 32.7 Å². The number of nitrogens with one attached hydrogen (secondary N) is 2. The molecule has 28 heavy (non-hydrogen) atoms. The molecule has 2 N–H and O–H groups in total. The molecule has 1 aromatic carbocycles. The van der Waals surface area contributed by atoms with E-state index >= 15 is 0 Å². The third kappa shape index (κ3) is 3.91. The van der Waals surface area contributed by atoms with Gasteiger partial charge in [-0.15, -0.1) is 0 Å². The molecule has 2 aromatic heterocycles. The summed E-state index contributed by atoms with van der Waals surface area (Å²) in [4.78, 5) is 15.0. The smallest absolute Gasteiger partial charge is 0.193 e. The number of para-hydroxylation sites is 1. The molecule has 0 radical (unpaired) electrons. The number of nitrogens with zero attached hydrogens (tertiary/aromatic N) is 4. The number of rotatable bonds is 5. The number of benzene rings is 1. The molecule has 0 amide bonds. The average molecular weight is 379 g/mol. The van der Waals surface area contributed by atoms with Crippen molar-refractivity contribution >= 4 is 16.9 Å². The van der Waals surface area contributed by atoms with Crippen molar-refractivity contribution in [2.24, 2.45) is 10.9 Å². The van der Waals surface area contributed by atoms with Crippen LogP contribution in [-0.4, -0.2) is 51.6 Å². The molecule has 1 aliphatic rings. The molecule has 3 heterocycles. The van der Waals surface area contributed by atoms with Crippen LogP contribution in [0.4, 0.5) is 0 Å². The van der Waals surface area contributed by atoms with Crippen molar-refractivity contribution in [3.63, 3.8) is 0 Å². The second-order valence-electron chi connectivity index (χ2n) is 7.63. The lowest BCUT2D eigenvalue weighted by Crippen LogP contribution is -2.49. The Morgan fingerprint density at radius 2 is 2.25 bits per heavy atom. The first kappa shape index (κ1) is 18.6. The second-order valence-corrected chi connectivity index (χ2v) is 7.63. The number of imidazole rings is 1. The van der Waals surface area contributed by atoms with Crippen LogP contribution in [0.2, 0.25) is 0 Å². The minimum absolute atomic E-state index is 0.439. The van der Waals surface area contributed by atoms with Crippen LogP contribution < -0.4 is 5.32 Å². The molecule has 1 aliphatic heterocycles. The van der Waals surface area contributed by atoms with Crippen LogP contribution in [0.15, 0.2) is 54.2 Å². The van der Waals surface area contributed by atoms with Gasteiger partial charge in [-0.3, -0.25) is 4.99 Å². The Labute approximate surface area is 166 Å². The molecule has 0 bridgehead atoms. The topological polar surface area (TPSA) is 61.2 Å². The lowest BCUT2D eigenvalue weighted by atomic mass is 9.93. The molecule has 0 spiro atoms. The zero-order valence-corrected chi connectivity index (χ0v) is 16.8. The maximum absolute atomic E-state index is 4.95. The van der Waals surface area contributed by atoms with Crippen LogP contribution >= 0.6 is 0 Å². The minimum atomic E-state index is 0.439. The van der Waals surface area contributed by atoms with E-state index in [1.165, 1.54) is 16.5 Å². The molecule has 1 saturated heterocycles. The number of H-pyrrole nitrogens is 1. The van der Waals surface area contributed by atoms with Gasteiger partial charge in [-0.25, -0.2) is 4.98 Å². The summed E-state index contributed by atoms with van der Waals surface area (Å²) in [6, 6.07) is 8.90. The van der Waals surface area contributed by atoms with Gasteiger partial charge in [0, 0.05) is 55.7 Å². The molecule has 0 aliphatic carbocycles. The third-order valence-electron chi connectivity index (χ3n) is 5.78. The first-order valence-corrected chi connectivity index (χ1v) is 10.3. The molecule has 6 heteroatoms. The molecule has 1 fully saturated rings. The summed E-state index contributed by atoms with van der Waals surface area (Å²) in [6.07, 6.45) is 10.1. The van der Waals surface area contributed by atoms with Gasteiger partial charge in [0.05, 0.1) is 12.4 Å². The van der Waals surface area contributed by atoms with Crippen LogP contribution in [0.5, 0.6) is 0 Å². The van der Waals surface area contributed by atoms with Gasteiger partial charge in [0.25, 0.3) is 0 Å². The van der Waals surface area contributed by atoms with Gasteiger partial charge in [0.1, 0.15) is 0 Å². The van der Waals surface area contributed by atoms with Crippen LogP contribution in [0.3, 0.4) is 0 Å². The Hall–Kier alpha value is -2.76. The standard InChI is InChI=1S/C22H30N6/c1-3-24-22(25-10-8-18-14-26-20-7-5-4-6-19(18)20)27-12-9-17(2)21(15-27)28-13-11-23-16-28/h4-7,11,13-14,16-17,21,26H,3,8-10,12,15H2,1-2H3,(H,24,25). The number of hydrogen-bond acceptors (Lipinski definition) is 2. The summed E-state index contributed by atoms with van der Waals surface area (Å²) in [5.41, 5.74) is 2.53.